The molecule has 1 aromatic heterocycles. The summed E-state index contributed by atoms with van der Waals surface area (Å²) >= 11 is 1.23. The van der Waals surface area contributed by atoms with Crippen molar-refractivity contribution in [1.29, 1.82) is 0 Å². The summed E-state index contributed by atoms with van der Waals surface area (Å²) in [7, 11) is -1.70. The van der Waals surface area contributed by atoms with E-state index in [2.05, 4.69) is 22.4 Å². The van der Waals surface area contributed by atoms with E-state index in [9.17, 15) is 9.36 Å². The highest BCUT2D eigenvalue weighted by Crippen LogP contribution is 2.51. The standard InChI is InChI=1S/C28H37N2O7PS/c1-6-34-38(32,35-7-2)18-24-19-39-28(29-24)30-27(31)23-14-25(16-26(15-23)37-21(4)17-33-5)36-20(3)13-22-11-9-8-10-12-22/h8-12,14-16,19-21H,6-7,13,17-18H2,1-5H3,(H,29,30,31)/t20-,21+/m1/s1. The number of rotatable bonds is 16. The van der Waals surface area contributed by atoms with Crippen molar-refractivity contribution in [2.75, 3.05) is 32.2 Å². The second kappa shape index (κ2) is 15.1. The first kappa shape index (κ1) is 30.8. The molecular formula is C28H37N2O7PS. The van der Waals surface area contributed by atoms with Crippen LogP contribution in [0.3, 0.4) is 0 Å². The number of benzene rings is 2. The van der Waals surface area contributed by atoms with Gasteiger partial charge in [-0.1, -0.05) is 30.3 Å². The molecule has 0 unspecified atom stereocenters. The van der Waals surface area contributed by atoms with Crippen LogP contribution in [0.2, 0.25) is 0 Å². The van der Waals surface area contributed by atoms with Gasteiger partial charge in [-0.2, -0.15) is 0 Å². The van der Waals surface area contributed by atoms with Gasteiger partial charge in [0.1, 0.15) is 17.6 Å². The maximum atomic E-state index is 13.2. The van der Waals surface area contributed by atoms with Gasteiger partial charge in [0.15, 0.2) is 5.13 Å². The normalized spacial score (nSPS) is 13.1. The van der Waals surface area contributed by atoms with Crippen molar-refractivity contribution in [2.24, 2.45) is 0 Å². The lowest BCUT2D eigenvalue weighted by molar-refractivity contribution is 0.0913. The van der Waals surface area contributed by atoms with Gasteiger partial charge < -0.3 is 23.3 Å². The zero-order chi connectivity index (χ0) is 28.3. The van der Waals surface area contributed by atoms with Crippen LogP contribution >= 0.6 is 18.9 Å². The smallest absolute Gasteiger partial charge is 0.336 e. The number of amides is 1. The molecule has 0 aliphatic heterocycles. The Hall–Kier alpha value is -2.75. The first-order chi connectivity index (χ1) is 18.7. The van der Waals surface area contributed by atoms with Crippen molar-refractivity contribution in [3.05, 3.63) is 70.7 Å². The average molecular weight is 577 g/mol. The lowest BCUT2D eigenvalue weighted by atomic mass is 10.1. The van der Waals surface area contributed by atoms with Crippen molar-refractivity contribution in [1.82, 2.24) is 4.98 Å². The molecule has 0 saturated carbocycles. The highest BCUT2D eigenvalue weighted by atomic mass is 32.1. The van der Waals surface area contributed by atoms with Crippen LogP contribution in [0.1, 0.15) is 49.3 Å². The fraction of sp³-hybridized carbons (Fsp3) is 0.429. The zero-order valence-corrected chi connectivity index (χ0v) is 24.8. The molecule has 0 fully saturated rings. The number of anilines is 1. The second-order valence-corrected chi connectivity index (χ2v) is 11.8. The van der Waals surface area contributed by atoms with Crippen LogP contribution in [0.4, 0.5) is 5.13 Å². The predicted molar refractivity (Wildman–Crippen MR) is 153 cm³/mol. The number of hydrogen-bond donors (Lipinski definition) is 1. The first-order valence-electron chi connectivity index (χ1n) is 12.9. The Labute approximate surface area is 234 Å². The fourth-order valence-electron chi connectivity index (χ4n) is 3.89. The molecule has 2 aromatic carbocycles. The summed E-state index contributed by atoms with van der Waals surface area (Å²) in [5.41, 5.74) is 2.02. The highest BCUT2D eigenvalue weighted by molar-refractivity contribution is 7.53. The lowest BCUT2D eigenvalue weighted by Gasteiger charge is -2.19. The Balaban J connectivity index is 1.76. The molecule has 0 saturated heterocycles. The van der Waals surface area contributed by atoms with E-state index in [-0.39, 0.29) is 37.5 Å². The molecule has 11 heteroatoms. The van der Waals surface area contributed by atoms with E-state index in [1.54, 1.807) is 44.5 Å². The molecule has 212 valence electrons. The summed E-state index contributed by atoms with van der Waals surface area (Å²) in [4.78, 5) is 17.6. The number of carbonyl (C=O) groups excluding carboxylic acids is 1. The molecule has 0 bridgehead atoms. The largest absolute Gasteiger partial charge is 0.490 e. The zero-order valence-electron chi connectivity index (χ0n) is 23.0. The molecule has 3 rings (SSSR count). The van der Waals surface area contributed by atoms with Crippen LogP contribution in [0.25, 0.3) is 0 Å². The fourth-order valence-corrected chi connectivity index (χ4v) is 6.32. The number of thiazole rings is 1. The minimum absolute atomic E-state index is 0.0268. The molecule has 3 aromatic rings. The van der Waals surface area contributed by atoms with E-state index in [1.807, 2.05) is 32.0 Å². The van der Waals surface area contributed by atoms with Gasteiger partial charge in [0.05, 0.1) is 37.8 Å². The van der Waals surface area contributed by atoms with Crippen LogP contribution < -0.4 is 14.8 Å². The van der Waals surface area contributed by atoms with E-state index in [0.717, 1.165) is 5.56 Å². The average Bonchev–Trinajstić information content (AvgIpc) is 3.30. The van der Waals surface area contributed by atoms with Gasteiger partial charge >= 0.3 is 7.60 Å². The number of carbonyl (C=O) groups is 1. The Morgan fingerprint density at radius 3 is 2.26 bits per heavy atom. The van der Waals surface area contributed by atoms with Crippen LogP contribution in [0.15, 0.2) is 53.9 Å². The third-order valence-corrected chi connectivity index (χ3v) is 8.18. The van der Waals surface area contributed by atoms with Gasteiger partial charge in [-0.05, 0) is 45.4 Å². The van der Waals surface area contributed by atoms with E-state index < -0.39 is 7.60 Å². The molecular weight excluding hydrogens is 539 g/mol. The van der Waals surface area contributed by atoms with Crippen LogP contribution in [0.5, 0.6) is 11.5 Å². The van der Waals surface area contributed by atoms with Crippen LogP contribution in [-0.2, 0) is 30.9 Å². The number of aromatic nitrogens is 1. The molecule has 0 radical (unpaired) electrons. The van der Waals surface area contributed by atoms with Gasteiger partial charge in [0.2, 0.25) is 0 Å². The first-order valence-corrected chi connectivity index (χ1v) is 15.5. The quantitative estimate of drug-likeness (QED) is 0.191. The van der Waals surface area contributed by atoms with E-state index >= 15 is 0 Å². The summed E-state index contributed by atoms with van der Waals surface area (Å²) in [6.45, 7) is 8.30. The second-order valence-electron chi connectivity index (χ2n) is 8.90. The molecule has 9 nitrogen and oxygen atoms in total. The Kier molecular flexibility index (Phi) is 12.0. The SMILES string of the molecule is CCOP(=O)(Cc1csc(NC(=O)c2cc(O[C@H](C)Cc3ccccc3)cc(O[C@@H](C)COC)c2)n1)OCC. The van der Waals surface area contributed by atoms with Gasteiger partial charge in [0, 0.05) is 30.5 Å². The van der Waals surface area contributed by atoms with Crippen molar-refractivity contribution in [3.63, 3.8) is 0 Å². The molecule has 2 atom stereocenters. The Morgan fingerprint density at radius 2 is 1.64 bits per heavy atom. The maximum absolute atomic E-state index is 13.2. The molecule has 0 aliphatic carbocycles. The van der Waals surface area contributed by atoms with E-state index in [4.69, 9.17) is 23.3 Å². The number of methoxy groups -OCH3 is 1. The predicted octanol–water partition coefficient (Wildman–Crippen LogP) is 6.59. The molecule has 1 amide bonds. The van der Waals surface area contributed by atoms with Gasteiger partial charge in [-0.15, -0.1) is 11.3 Å². The lowest BCUT2D eigenvalue weighted by Crippen LogP contribution is -2.19. The molecule has 0 spiro atoms. The van der Waals surface area contributed by atoms with Crippen LogP contribution in [0, 0.1) is 0 Å². The number of nitrogens with zero attached hydrogens (tertiary/aromatic N) is 1. The topological polar surface area (TPSA) is 105 Å². The minimum Gasteiger partial charge on any atom is -0.490 e. The van der Waals surface area contributed by atoms with E-state index in [0.29, 0.717) is 40.9 Å². The van der Waals surface area contributed by atoms with Crippen molar-refractivity contribution >= 4 is 30.0 Å². The number of ether oxygens (including phenoxy) is 3. The van der Waals surface area contributed by atoms with Gasteiger partial charge in [-0.3, -0.25) is 14.7 Å². The molecule has 39 heavy (non-hydrogen) atoms. The maximum Gasteiger partial charge on any atom is 0.336 e. The summed E-state index contributed by atoms with van der Waals surface area (Å²) < 4.78 is 40.9. The summed E-state index contributed by atoms with van der Waals surface area (Å²) in [5, 5.41) is 4.91. The molecule has 1 N–H and O–H groups in total. The third-order valence-electron chi connectivity index (χ3n) is 5.36. The molecule has 1 heterocycles. The van der Waals surface area contributed by atoms with E-state index in [1.165, 1.54) is 11.3 Å². The van der Waals surface area contributed by atoms with Gasteiger partial charge in [-0.25, -0.2) is 4.98 Å². The summed E-state index contributed by atoms with van der Waals surface area (Å²) in [6, 6.07) is 15.2. The summed E-state index contributed by atoms with van der Waals surface area (Å²) in [6.07, 6.45) is 0.376. The highest BCUT2D eigenvalue weighted by Gasteiger charge is 2.26. The Bertz CT molecular complexity index is 1230. The van der Waals surface area contributed by atoms with Crippen LogP contribution in [-0.4, -0.2) is 50.0 Å². The summed E-state index contributed by atoms with van der Waals surface area (Å²) in [5.74, 6) is 0.627. The number of hydrogen-bond acceptors (Lipinski definition) is 9. The minimum atomic E-state index is -3.30. The van der Waals surface area contributed by atoms with Gasteiger partial charge in [0.25, 0.3) is 5.91 Å². The Morgan fingerprint density at radius 1 is 1.00 bits per heavy atom. The molecule has 0 aliphatic rings. The van der Waals surface area contributed by atoms with Crippen molar-refractivity contribution in [2.45, 2.75) is 52.5 Å². The number of nitrogens with one attached hydrogen (secondary N) is 1. The third kappa shape index (κ3) is 10.1. The van der Waals surface area contributed by atoms with Crippen molar-refractivity contribution < 1.29 is 32.6 Å². The van der Waals surface area contributed by atoms with Crippen molar-refractivity contribution in [3.8, 4) is 11.5 Å². The monoisotopic (exact) mass is 576 g/mol.